The first-order valence-electron chi connectivity index (χ1n) is 12.3. The van der Waals surface area contributed by atoms with Crippen LogP contribution in [0.15, 0.2) is 47.6 Å². The zero-order chi connectivity index (χ0) is 28.0. The number of rotatable bonds is 6. The highest BCUT2D eigenvalue weighted by Gasteiger charge is 2.39. The van der Waals surface area contributed by atoms with E-state index in [0.717, 1.165) is 9.54 Å². The molecule has 0 spiro atoms. The summed E-state index contributed by atoms with van der Waals surface area (Å²) in [6.07, 6.45) is 3.69. The third kappa shape index (κ3) is 6.55. The Labute approximate surface area is 222 Å². The van der Waals surface area contributed by atoms with Crippen LogP contribution in [0.25, 0.3) is 11.2 Å². The van der Waals surface area contributed by atoms with E-state index >= 15 is 0 Å². The van der Waals surface area contributed by atoms with Crippen molar-refractivity contribution in [2.75, 3.05) is 6.54 Å². The fourth-order valence-corrected chi connectivity index (χ4v) is 5.33. The van der Waals surface area contributed by atoms with Crippen molar-refractivity contribution in [2.45, 2.75) is 71.0 Å². The molecular weight excluding hydrogens is 510 g/mol. The molecule has 204 valence electrons. The molecule has 1 aliphatic rings. The number of nitrogens with one attached hydrogen (secondary N) is 1. The summed E-state index contributed by atoms with van der Waals surface area (Å²) in [7, 11) is -3.85. The molecule has 0 bridgehead atoms. The van der Waals surface area contributed by atoms with Gasteiger partial charge in [-0.2, -0.15) is 0 Å². The van der Waals surface area contributed by atoms with Gasteiger partial charge in [0.15, 0.2) is 5.65 Å². The summed E-state index contributed by atoms with van der Waals surface area (Å²) in [5.74, 6) is -1.17. The highest BCUT2D eigenvalue weighted by atomic mass is 32.2. The van der Waals surface area contributed by atoms with Gasteiger partial charge in [-0.1, -0.05) is 38.0 Å². The van der Waals surface area contributed by atoms with Gasteiger partial charge < -0.3 is 15.0 Å². The molecule has 38 heavy (non-hydrogen) atoms. The Morgan fingerprint density at radius 2 is 1.76 bits per heavy atom. The Hall–Kier alpha value is -3.80. The van der Waals surface area contributed by atoms with Crippen LogP contribution in [0.4, 0.5) is 0 Å². The van der Waals surface area contributed by atoms with Crippen molar-refractivity contribution >= 4 is 39.0 Å². The molecule has 3 aromatic rings. The molecule has 1 saturated heterocycles. The number of aryl methyl sites for hydroxylation is 1. The van der Waals surface area contributed by atoms with Gasteiger partial charge in [-0.05, 0) is 25.1 Å². The zero-order valence-electron chi connectivity index (χ0n) is 22.2. The van der Waals surface area contributed by atoms with E-state index < -0.39 is 34.0 Å². The molecule has 1 aromatic carbocycles. The van der Waals surface area contributed by atoms with Crippen LogP contribution in [0, 0.1) is 6.92 Å². The molecular formula is C26H33N5O6S. The first-order chi connectivity index (χ1) is 18.0. The van der Waals surface area contributed by atoms with E-state index in [2.05, 4.69) is 29.1 Å². The van der Waals surface area contributed by atoms with E-state index in [1.54, 1.807) is 12.1 Å². The lowest BCUT2D eigenvalue weighted by molar-refractivity contribution is -0.146. The topological polar surface area (TPSA) is 141 Å². The minimum atomic E-state index is -3.85. The lowest BCUT2D eigenvalue weighted by Gasteiger charge is -2.21. The number of nitrogens with zero attached hydrogens (tertiary/aromatic N) is 4. The molecule has 2 amide bonds. The van der Waals surface area contributed by atoms with Crippen molar-refractivity contribution < 1.29 is 27.5 Å². The van der Waals surface area contributed by atoms with E-state index in [-0.39, 0.29) is 36.0 Å². The smallest absolute Gasteiger partial charge is 0.302 e. The predicted octanol–water partition coefficient (Wildman–Crippen LogP) is 2.56. The minimum Gasteiger partial charge on any atom is -0.461 e. The SMILES string of the molecule is CC(=O)OC1CC(C(=O)NCc2cnc3c(ccn3S(=O)(=O)c3ccc(C)cc3)n2)N(C(C)=O)C1.CCC. The van der Waals surface area contributed by atoms with Crippen molar-refractivity contribution in [1.29, 1.82) is 0 Å². The van der Waals surface area contributed by atoms with Crippen molar-refractivity contribution in [3.05, 3.63) is 54.0 Å². The van der Waals surface area contributed by atoms with Gasteiger partial charge in [0.2, 0.25) is 11.8 Å². The average molecular weight is 544 g/mol. The average Bonchev–Trinajstić information content (AvgIpc) is 3.47. The lowest BCUT2D eigenvalue weighted by atomic mass is 10.2. The van der Waals surface area contributed by atoms with Gasteiger partial charge in [-0.25, -0.2) is 22.4 Å². The zero-order valence-corrected chi connectivity index (χ0v) is 23.0. The van der Waals surface area contributed by atoms with E-state index in [9.17, 15) is 22.8 Å². The van der Waals surface area contributed by atoms with Gasteiger partial charge in [0.25, 0.3) is 10.0 Å². The van der Waals surface area contributed by atoms with Gasteiger partial charge in [0.1, 0.15) is 17.7 Å². The van der Waals surface area contributed by atoms with Crippen LogP contribution in [0.5, 0.6) is 0 Å². The Balaban J connectivity index is 0.00000127. The number of esters is 1. The second-order valence-corrected chi connectivity index (χ2v) is 10.9. The Bertz CT molecular complexity index is 1420. The van der Waals surface area contributed by atoms with Crippen molar-refractivity contribution in [2.24, 2.45) is 0 Å². The maximum atomic E-state index is 13.0. The van der Waals surface area contributed by atoms with Gasteiger partial charge in [-0.15, -0.1) is 0 Å². The molecule has 4 rings (SSSR count). The van der Waals surface area contributed by atoms with Crippen LogP contribution in [0.3, 0.4) is 0 Å². The van der Waals surface area contributed by atoms with Crippen LogP contribution in [0.1, 0.15) is 51.8 Å². The highest BCUT2D eigenvalue weighted by molar-refractivity contribution is 7.90. The number of amides is 2. The van der Waals surface area contributed by atoms with Gasteiger partial charge in [0, 0.05) is 26.5 Å². The predicted molar refractivity (Wildman–Crippen MR) is 140 cm³/mol. The van der Waals surface area contributed by atoms with Crippen LogP contribution in [-0.4, -0.2) is 63.7 Å². The number of hydrogen-bond donors (Lipinski definition) is 1. The fraction of sp³-hybridized carbons (Fsp3) is 0.423. The van der Waals surface area contributed by atoms with Crippen molar-refractivity contribution in [1.82, 2.24) is 24.2 Å². The van der Waals surface area contributed by atoms with E-state index in [1.807, 2.05) is 6.92 Å². The summed E-state index contributed by atoms with van der Waals surface area (Å²) in [6, 6.07) is 7.28. The second-order valence-electron chi connectivity index (χ2n) is 9.08. The molecule has 1 fully saturated rings. The number of fused-ring (bicyclic) bond motifs is 1. The molecule has 2 atom stereocenters. The molecule has 1 aliphatic heterocycles. The first kappa shape index (κ1) is 28.8. The molecule has 0 saturated carbocycles. The number of likely N-dealkylation sites (tertiary alicyclic amines) is 1. The highest BCUT2D eigenvalue weighted by Crippen LogP contribution is 2.22. The van der Waals surface area contributed by atoms with Crippen LogP contribution in [-0.2, 0) is 35.7 Å². The Morgan fingerprint density at radius 3 is 2.37 bits per heavy atom. The largest absolute Gasteiger partial charge is 0.461 e. The third-order valence-electron chi connectivity index (χ3n) is 5.73. The van der Waals surface area contributed by atoms with E-state index in [1.165, 1.54) is 55.8 Å². The lowest BCUT2D eigenvalue weighted by Crippen LogP contribution is -2.45. The number of benzene rings is 1. The van der Waals surface area contributed by atoms with Crippen LogP contribution < -0.4 is 5.32 Å². The number of carbonyl (C=O) groups is 3. The maximum Gasteiger partial charge on any atom is 0.302 e. The maximum absolute atomic E-state index is 13.0. The number of ether oxygens (including phenoxy) is 1. The number of aromatic nitrogens is 3. The summed E-state index contributed by atoms with van der Waals surface area (Å²) in [5, 5.41) is 2.73. The normalized spacial score (nSPS) is 17.0. The van der Waals surface area contributed by atoms with Crippen molar-refractivity contribution in [3.8, 4) is 0 Å². The summed E-state index contributed by atoms with van der Waals surface area (Å²) in [6.45, 7) is 8.93. The van der Waals surface area contributed by atoms with Gasteiger partial charge in [0.05, 0.1) is 29.9 Å². The van der Waals surface area contributed by atoms with Crippen LogP contribution >= 0.6 is 0 Å². The molecule has 12 heteroatoms. The van der Waals surface area contributed by atoms with Crippen molar-refractivity contribution in [3.63, 3.8) is 0 Å². The van der Waals surface area contributed by atoms with Crippen LogP contribution in [0.2, 0.25) is 0 Å². The molecule has 11 nitrogen and oxygen atoms in total. The van der Waals surface area contributed by atoms with E-state index in [4.69, 9.17) is 4.74 Å². The molecule has 3 heterocycles. The molecule has 2 unspecified atom stereocenters. The molecule has 0 aliphatic carbocycles. The summed E-state index contributed by atoms with van der Waals surface area (Å²) < 4.78 is 32.3. The van der Waals surface area contributed by atoms with Gasteiger partial charge in [-0.3, -0.25) is 14.4 Å². The molecule has 2 aromatic heterocycles. The van der Waals surface area contributed by atoms with E-state index in [0.29, 0.717) is 11.2 Å². The summed E-state index contributed by atoms with van der Waals surface area (Å²) in [4.78, 5) is 46.1. The summed E-state index contributed by atoms with van der Waals surface area (Å²) in [5.41, 5.74) is 1.89. The third-order valence-corrected chi connectivity index (χ3v) is 7.41. The quantitative estimate of drug-likeness (QED) is 0.468. The number of hydrogen-bond acceptors (Lipinski definition) is 8. The number of carbonyl (C=O) groups excluding carboxylic acids is 3. The standard InChI is InChI=1S/C23H25N5O6S.C3H8/c1-14-4-6-19(7-5-14)35(32,33)28-9-8-20-22(28)24-11-17(26-20)12-25-23(31)21-10-18(34-16(3)30)13-27(21)15(2)29;1-3-2/h4-9,11,18,21H,10,12-13H2,1-3H3,(H,25,31);3H2,1-2H3. The fourth-order valence-electron chi connectivity index (χ4n) is 4.04. The monoisotopic (exact) mass is 543 g/mol. The minimum absolute atomic E-state index is 0.0259. The molecule has 0 radical (unpaired) electrons. The second kappa shape index (κ2) is 12.2. The first-order valence-corrected chi connectivity index (χ1v) is 13.8. The Morgan fingerprint density at radius 1 is 1.11 bits per heavy atom. The summed E-state index contributed by atoms with van der Waals surface area (Å²) >= 11 is 0. The van der Waals surface area contributed by atoms with Gasteiger partial charge >= 0.3 is 5.97 Å². The Kier molecular flexibility index (Phi) is 9.21. The molecule has 1 N–H and O–H groups in total.